The predicted molar refractivity (Wildman–Crippen MR) is 62.3 cm³/mol. The minimum Gasteiger partial charge on any atom is -0.294 e. The molecule has 0 spiro atoms. The fourth-order valence-corrected chi connectivity index (χ4v) is 2.88. The summed E-state index contributed by atoms with van der Waals surface area (Å²) in [6.45, 7) is 4.40. The van der Waals surface area contributed by atoms with Crippen molar-refractivity contribution in [1.82, 2.24) is 0 Å². The molecule has 0 N–H and O–H groups in total. The molecule has 0 saturated carbocycles. The number of benzene rings is 1. The number of rotatable bonds is 3. The van der Waals surface area contributed by atoms with Gasteiger partial charge in [0.2, 0.25) is 0 Å². The van der Waals surface area contributed by atoms with Gasteiger partial charge in [0.1, 0.15) is 0 Å². The maximum atomic E-state index is 11.9. The molecule has 1 aliphatic carbocycles. The van der Waals surface area contributed by atoms with Crippen molar-refractivity contribution in [3.63, 3.8) is 0 Å². The molecule has 1 unspecified atom stereocenters. The van der Waals surface area contributed by atoms with E-state index in [1.165, 1.54) is 5.56 Å². The Balaban J connectivity index is 2.50. The van der Waals surface area contributed by atoms with E-state index >= 15 is 0 Å². The van der Waals surface area contributed by atoms with Crippen LogP contribution in [-0.2, 0) is 5.41 Å². The number of Topliss-reactive ketones (excluding diaryl/α,β-unsaturated/α-hetero) is 1. The number of ketones is 1. The van der Waals surface area contributed by atoms with Gasteiger partial charge in [-0.25, -0.2) is 0 Å². The molecule has 80 valence electrons. The van der Waals surface area contributed by atoms with Crippen molar-refractivity contribution in [2.75, 3.05) is 0 Å². The van der Waals surface area contributed by atoms with Gasteiger partial charge in [0.25, 0.3) is 0 Å². The Morgan fingerprint density at radius 2 is 2.00 bits per heavy atom. The molecule has 1 heteroatoms. The van der Waals surface area contributed by atoms with Crippen molar-refractivity contribution in [1.29, 1.82) is 0 Å². The first kappa shape index (κ1) is 10.4. The SMILES string of the molecule is CCCC1(CC)CC(=O)c2ccccc21. The van der Waals surface area contributed by atoms with E-state index in [9.17, 15) is 4.79 Å². The third kappa shape index (κ3) is 1.50. The lowest BCUT2D eigenvalue weighted by Crippen LogP contribution is -2.22. The van der Waals surface area contributed by atoms with Gasteiger partial charge in [-0.2, -0.15) is 0 Å². The van der Waals surface area contributed by atoms with E-state index in [1.807, 2.05) is 12.1 Å². The molecule has 0 aliphatic heterocycles. The smallest absolute Gasteiger partial charge is 0.164 e. The van der Waals surface area contributed by atoms with Crippen LogP contribution in [0.5, 0.6) is 0 Å². The van der Waals surface area contributed by atoms with Gasteiger partial charge in [0.15, 0.2) is 5.78 Å². The van der Waals surface area contributed by atoms with Crippen LogP contribution in [0.3, 0.4) is 0 Å². The summed E-state index contributed by atoms with van der Waals surface area (Å²) in [5.74, 6) is 0.334. The third-order valence-corrected chi connectivity index (χ3v) is 3.70. The van der Waals surface area contributed by atoms with Crippen LogP contribution < -0.4 is 0 Å². The molecule has 1 aliphatic rings. The molecular weight excluding hydrogens is 184 g/mol. The third-order valence-electron chi connectivity index (χ3n) is 3.70. The number of fused-ring (bicyclic) bond motifs is 1. The first-order chi connectivity index (χ1) is 7.23. The molecule has 0 amide bonds. The van der Waals surface area contributed by atoms with Crippen LogP contribution in [0.15, 0.2) is 24.3 Å². The van der Waals surface area contributed by atoms with Crippen molar-refractivity contribution >= 4 is 5.78 Å². The number of hydrogen-bond acceptors (Lipinski definition) is 1. The molecule has 1 aromatic carbocycles. The summed E-state index contributed by atoms with van der Waals surface area (Å²) in [5, 5.41) is 0. The van der Waals surface area contributed by atoms with E-state index in [1.54, 1.807) is 0 Å². The Morgan fingerprint density at radius 3 is 2.67 bits per heavy atom. The minimum absolute atomic E-state index is 0.141. The maximum Gasteiger partial charge on any atom is 0.164 e. The van der Waals surface area contributed by atoms with Crippen molar-refractivity contribution in [3.05, 3.63) is 35.4 Å². The fourth-order valence-electron chi connectivity index (χ4n) is 2.88. The molecule has 0 saturated heterocycles. The van der Waals surface area contributed by atoms with Crippen LogP contribution in [-0.4, -0.2) is 5.78 Å². The van der Waals surface area contributed by atoms with Crippen molar-refractivity contribution in [2.45, 2.75) is 44.9 Å². The highest BCUT2D eigenvalue weighted by atomic mass is 16.1. The Labute approximate surface area is 91.5 Å². The van der Waals surface area contributed by atoms with Crippen molar-refractivity contribution in [2.24, 2.45) is 0 Å². The molecule has 0 aromatic heterocycles. The van der Waals surface area contributed by atoms with E-state index in [2.05, 4.69) is 26.0 Å². The second-order valence-electron chi connectivity index (χ2n) is 4.53. The summed E-state index contributed by atoms with van der Waals surface area (Å²) in [7, 11) is 0. The van der Waals surface area contributed by atoms with Gasteiger partial charge < -0.3 is 0 Å². The van der Waals surface area contributed by atoms with Gasteiger partial charge in [-0.3, -0.25) is 4.79 Å². The van der Waals surface area contributed by atoms with Crippen LogP contribution in [0.25, 0.3) is 0 Å². The van der Waals surface area contributed by atoms with Gasteiger partial charge in [-0.05, 0) is 18.4 Å². The second-order valence-corrected chi connectivity index (χ2v) is 4.53. The second kappa shape index (κ2) is 3.80. The van der Waals surface area contributed by atoms with Crippen LogP contribution in [0, 0.1) is 0 Å². The summed E-state index contributed by atoms with van der Waals surface area (Å²) in [6, 6.07) is 8.13. The Kier molecular flexibility index (Phi) is 2.64. The first-order valence-corrected chi connectivity index (χ1v) is 5.86. The largest absolute Gasteiger partial charge is 0.294 e. The van der Waals surface area contributed by atoms with Crippen LogP contribution in [0.1, 0.15) is 55.5 Å². The molecule has 0 radical (unpaired) electrons. The van der Waals surface area contributed by atoms with Gasteiger partial charge in [0.05, 0.1) is 0 Å². The lowest BCUT2D eigenvalue weighted by atomic mass is 9.76. The average Bonchev–Trinajstić information content (AvgIpc) is 2.55. The van der Waals surface area contributed by atoms with E-state index in [0.29, 0.717) is 5.78 Å². The molecule has 0 fully saturated rings. The maximum absolute atomic E-state index is 11.9. The van der Waals surface area contributed by atoms with Crippen LogP contribution in [0.4, 0.5) is 0 Å². The predicted octanol–water partition coefficient (Wildman–Crippen LogP) is 3.72. The van der Waals surface area contributed by atoms with Crippen molar-refractivity contribution in [3.8, 4) is 0 Å². The Bertz CT molecular complexity index is 381. The highest BCUT2D eigenvalue weighted by molar-refractivity contribution is 6.02. The number of carbonyl (C=O) groups is 1. The zero-order valence-electron chi connectivity index (χ0n) is 9.55. The summed E-state index contributed by atoms with van der Waals surface area (Å²) in [6.07, 6.45) is 4.07. The monoisotopic (exact) mass is 202 g/mol. The summed E-state index contributed by atoms with van der Waals surface area (Å²) >= 11 is 0. The summed E-state index contributed by atoms with van der Waals surface area (Å²) < 4.78 is 0. The van der Waals surface area contributed by atoms with Gasteiger partial charge >= 0.3 is 0 Å². The Hall–Kier alpha value is -1.11. The zero-order chi connectivity index (χ0) is 10.9. The van der Waals surface area contributed by atoms with Gasteiger partial charge in [-0.1, -0.05) is 44.5 Å². The van der Waals surface area contributed by atoms with E-state index < -0.39 is 0 Å². The van der Waals surface area contributed by atoms with Crippen LogP contribution in [0.2, 0.25) is 0 Å². The number of carbonyl (C=O) groups excluding carboxylic acids is 1. The van der Waals surface area contributed by atoms with E-state index in [4.69, 9.17) is 0 Å². The van der Waals surface area contributed by atoms with E-state index in [-0.39, 0.29) is 5.41 Å². The van der Waals surface area contributed by atoms with E-state index in [0.717, 1.165) is 31.2 Å². The standard InChI is InChI=1S/C14H18O/c1-3-9-14(4-2)10-13(15)11-7-5-6-8-12(11)14/h5-8H,3-4,9-10H2,1-2H3. The molecule has 0 heterocycles. The van der Waals surface area contributed by atoms with Crippen molar-refractivity contribution < 1.29 is 4.79 Å². The topological polar surface area (TPSA) is 17.1 Å². The fraction of sp³-hybridized carbons (Fsp3) is 0.500. The molecule has 15 heavy (non-hydrogen) atoms. The van der Waals surface area contributed by atoms with Gasteiger partial charge in [-0.15, -0.1) is 0 Å². The normalized spacial score (nSPS) is 24.3. The van der Waals surface area contributed by atoms with Crippen LogP contribution >= 0.6 is 0 Å². The molecule has 1 atom stereocenters. The molecular formula is C14H18O. The molecule has 2 rings (SSSR count). The minimum atomic E-state index is 0.141. The lowest BCUT2D eigenvalue weighted by molar-refractivity contribution is 0.0969. The molecule has 1 aromatic rings. The quantitative estimate of drug-likeness (QED) is 0.730. The highest BCUT2D eigenvalue weighted by Crippen LogP contribution is 2.44. The zero-order valence-corrected chi connectivity index (χ0v) is 9.55. The highest BCUT2D eigenvalue weighted by Gasteiger charge is 2.40. The Morgan fingerprint density at radius 1 is 1.27 bits per heavy atom. The molecule has 1 nitrogen and oxygen atoms in total. The summed E-state index contributed by atoms with van der Waals surface area (Å²) in [4.78, 5) is 11.9. The lowest BCUT2D eigenvalue weighted by Gasteiger charge is -2.27. The summed E-state index contributed by atoms with van der Waals surface area (Å²) in [5.41, 5.74) is 2.40. The number of hydrogen-bond donors (Lipinski definition) is 0. The average molecular weight is 202 g/mol. The molecule has 0 bridgehead atoms. The first-order valence-electron chi connectivity index (χ1n) is 5.86. The van der Waals surface area contributed by atoms with Gasteiger partial charge in [0, 0.05) is 17.4 Å².